The smallest absolute Gasteiger partial charge is 0.172 e. The molecule has 0 aromatic carbocycles. The summed E-state index contributed by atoms with van der Waals surface area (Å²) in [6, 6.07) is 2.16. The molecule has 7 nitrogen and oxygen atoms in total. The summed E-state index contributed by atoms with van der Waals surface area (Å²) < 4.78 is 0. The molecule has 0 saturated heterocycles. The summed E-state index contributed by atoms with van der Waals surface area (Å²) in [5, 5.41) is 22.8. The van der Waals surface area contributed by atoms with E-state index in [4.69, 9.17) is 16.6 Å². The summed E-state index contributed by atoms with van der Waals surface area (Å²) >= 11 is 0. The fourth-order valence-corrected chi connectivity index (χ4v) is 2.63. The van der Waals surface area contributed by atoms with Crippen LogP contribution in [-0.2, 0) is 0 Å². The lowest BCUT2D eigenvalue weighted by molar-refractivity contribution is 0.562. The molecule has 1 atom stereocenters. The minimum Gasteiger partial charge on any atom is -0.383 e. The molecule has 128 valence electrons. The Balaban J connectivity index is 2.17. The van der Waals surface area contributed by atoms with E-state index in [1.54, 1.807) is 19.3 Å². The summed E-state index contributed by atoms with van der Waals surface area (Å²) in [5.41, 5.74) is 7.98. The van der Waals surface area contributed by atoms with Gasteiger partial charge in [0.05, 0.1) is 5.70 Å². The number of nitrogens with one attached hydrogen (secondary N) is 4. The normalized spacial score (nSPS) is 17.2. The molecule has 0 spiro atoms. The van der Waals surface area contributed by atoms with Crippen molar-refractivity contribution in [3.8, 4) is 0 Å². The fraction of sp³-hybridized carbons (Fsp3) is 0.412. The van der Waals surface area contributed by atoms with E-state index in [1.165, 1.54) is 0 Å². The molecule has 2 rings (SSSR count). The van der Waals surface area contributed by atoms with Crippen LogP contribution in [0.3, 0.4) is 0 Å². The monoisotopic (exact) mass is 327 g/mol. The largest absolute Gasteiger partial charge is 0.383 e. The van der Waals surface area contributed by atoms with E-state index in [0.717, 1.165) is 30.5 Å². The van der Waals surface area contributed by atoms with Crippen molar-refractivity contribution in [2.24, 2.45) is 4.99 Å². The molecule has 6 N–H and O–H groups in total. The van der Waals surface area contributed by atoms with Gasteiger partial charge in [-0.05, 0) is 31.4 Å². The van der Waals surface area contributed by atoms with Gasteiger partial charge in [-0.25, -0.2) is 9.98 Å². The molecule has 0 bridgehead atoms. The van der Waals surface area contributed by atoms with Gasteiger partial charge >= 0.3 is 0 Å². The highest BCUT2D eigenvalue weighted by atomic mass is 15.1. The molecule has 0 amide bonds. The molecular formula is C17H25N7. The number of aromatic nitrogens is 1. The molecule has 2 heterocycles. The highest BCUT2D eigenvalue weighted by Crippen LogP contribution is 2.15. The zero-order valence-corrected chi connectivity index (χ0v) is 14.4. The van der Waals surface area contributed by atoms with Crippen molar-refractivity contribution in [1.82, 2.24) is 15.6 Å². The Bertz CT molecular complexity index is 703. The zero-order valence-electron chi connectivity index (χ0n) is 14.4. The van der Waals surface area contributed by atoms with Crippen LogP contribution in [0.15, 0.2) is 29.0 Å². The molecule has 1 aliphatic rings. The van der Waals surface area contributed by atoms with Crippen molar-refractivity contribution < 1.29 is 0 Å². The maximum atomic E-state index is 8.20. The van der Waals surface area contributed by atoms with Crippen LogP contribution in [0.25, 0.3) is 0 Å². The lowest BCUT2D eigenvalue weighted by Gasteiger charge is -2.14. The lowest BCUT2D eigenvalue weighted by Crippen LogP contribution is -2.32. The van der Waals surface area contributed by atoms with Crippen LogP contribution in [0.1, 0.15) is 37.3 Å². The first kappa shape index (κ1) is 17.7. The number of rotatable bonds is 5. The second kappa shape index (κ2) is 7.72. The van der Waals surface area contributed by atoms with Gasteiger partial charge in [-0.3, -0.25) is 10.8 Å². The average Bonchev–Trinajstić information content (AvgIpc) is 3.02. The molecule has 24 heavy (non-hydrogen) atoms. The van der Waals surface area contributed by atoms with E-state index < -0.39 is 0 Å². The van der Waals surface area contributed by atoms with E-state index in [0.29, 0.717) is 17.4 Å². The van der Waals surface area contributed by atoms with Crippen LogP contribution in [0.4, 0.5) is 5.82 Å². The van der Waals surface area contributed by atoms with Crippen LogP contribution in [0.2, 0.25) is 0 Å². The number of nitrogens with two attached hydrogens (primary N) is 1. The second-order valence-electron chi connectivity index (χ2n) is 5.86. The number of amidine groups is 2. The van der Waals surface area contributed by atoms with Crippen molar-refractivity contribution in [3.63, 3.8) is 0 Å². The molecular weight excluding hydrogens is 302 g/mol. The summed E-state index contributed by atoms with van der Waals surface area (Å²) in [6.07, 6.45) is 6.87. The van der Waals surface area contributed by atoms with Gasteiger partial charge in [-0.1, -0.05) is 19.4 Å². The van der Waals surface area contributed by atoms with Crippen molar-refractivity contribution in [1.29, 1.82) is 10.8 Å². The highest BCUT2D eigenvalue weighted by Gasteiger charge is 2.19. The van der Waals surface area contributed by atoms with E-state index in [9.17, 15) is 0 Å². The highest BCUT2D eigenvalue weighted by molar-refractivity contribution is 6.47. The Labute approximate surface area is 142 Å². The SMILES string of the molecule is CCCC1CC=C(/C(=N\C(=N)C(=N)c2cc(C)cnc2N)NC)N1. The van der Waals surface area contributed by atoms with Gasteiger partial charge in [0.1, 0.15) is 11.5 Å². The van der Waals surface area contributed by atoms with Crippen LogP contribution < -0.4 is 16.4 Å². The van der Waals surface area contributed by atoms with Crippen molar-refractivity contribution >= 4 is 23.2 Å². The Morgan fingerprint density at radius 1 is 1.50 bits per heavy atom. The number of hydrogen-bond donors (Lipinski definition) is 5. The van der Waals surface area contributed by atoms with Gasteiger partial charge in [-0.2, -0.15) is 0 Å². The number of likely N-dealkylation sites (N-methyl/N-ethyl adjacent to an activating group) is 1. The number of hydrogen-bond acceptors (Lipinski definition) is 5. The molecule has 0 aliphatic carbocycles. The number of pyridine rings is 1. The van der Waals surface area contributed by atoms with E-state index in [2.05, 4.69) is 33.6 Å². The standard InChI is InChI=1S/C17H25N7/c1-4-5-11-6-7-13(23-11)17(21-3)24-16(20)14(18)12-8-10(2)9-22-15(12)19/h7-9,11,18,23H,4-6H2,1-3H3,(H2,19,22)(H2,20,21,24). The topological polar surface area (TPSA) is 123 Å². The summed E-state index contributed by atoms with van der Waals surface area (Å²) in [4.78, 5) is 8.31. The summed E-state index contributed by atoms with van der Waals surface area (Å²) in [7, 11) is 1.76. The van der Waals surface area contributed by atoms with Gasteiger partial charge in [-0.15, -0.1) is 0 Å². The first-order chi connectivity index (χ1) is 11.5. The van der Waals surface area contributed by atoms with Crippen molar-refractivity contribution in [2.75, 3.05) is 12.8 Å². The number of nitrogens with zero attached hydrogens (tertiary/aromatic N) is 2. The quantitative estimate of drug-likeness (QED) is 0.419. The molecule has 0 radical (unpaired) electrons. The second-order valence-corrected chi connectivity index (χ2v) is 5.86. The number of aliphatic imine (C=N–C) groups is 1. The summed E-state index contributed by atoms with van der Waals surface area (Å²) in [5.74, 6) is 0.639. The fourth-order valence-electron chi connectivity index (χ4n) is 2.63. The molecule has 0 saturated carbocycles. The Morgan fingerprint density at radius 3 is 2.92 bits per heavy atom. The Hall–Kier alpha value is -2.70. The third-order valence-corrected chi connectivity index (χ3v) is 3.88. The van der Waals surface area contributed by atoms with E-state index >= 15 is 0 Å². The maximum absolute atomic E-state index is 8.20. The van der Waals surface area contributed by atoms with Crippen molar-refractivity contribution in [3.05, 3.63) is 35.2 Å². The lowest BCUT2D eigenvalue weighted by atomic mass is 10.1. The molecule has 1 aromatic heterocycles. The van der Waals surface area contributed by atoms with Crippen LogP contribution in [0, 0.1) is 17.7 Å². The van der Waals surface area contributed by atoms with Crippen LogP contribution in [0.5, 0.6) is 0 Å². The molecule has 1 unspecified atom stereocenters. The predicted molar refractivity (Wildman–Crippen MR) is 99.0 cm³/mol. The van der Waals surface area contributed by atoms with Crippen LogP contribution >= 0.6 is 0 Å². The third-order valence-electron chi connectivity index (χ3n) is 3.88. The minimum absolute atomic E-state index is 0.0415. The maximum Gasteiger partial charge on any atom is 0.172 e. The molecule has 0 fully saturated rings. The number of nitrogen functional groups attached to an aromatic ring is 1. The van der Waals surface area contributed by atoms with Gasteiger partial charge < -0.3 is 16.4 Å². The van der Waals surface area contributed by atoms with Crippen molar-refractivity contribution in [2.45, 2.75) is 39.2 Å². The first-order valence-corrected chi connectivity index (χ1v) is 8.09. The Kier molecular flexibility index (Phi) is 5.68. The van der Waals surface area contributed by atoms with Crippen LogP contribution in [-0.4, -0.2) is 35.5 Å². The van der Waals surface area contributed by atoms with E-state index in [-0.39, 0.29) is 17.4 Å². The minimum atomic E-state index is -0.153. The predicted octanol–water partition coefficient (Wildman–Crippen LogP) is 1.98. The van der Waals surface area contributed by atoms with E-state index in [1.807, 2.05) is 6.92 Å². The van der Waals surface area contributed by atoms with Gasteiger partial charge in [0.2, 0.25) is 0 Å². The molecule has 7 heteroatoms. The molecule has 1 aromatic rings. The Morgan fingerprint density at radius 2 is 2.25 bits per heavy atom. The summed E-state index contributed by atoms with van der Waals surface area (Å²) in [6.45, 7) is 4.03. The average molecular weight is 327 g/mol. The zero-order chi connectivity index (χ0) is 17.7. The third kappa shape index (κ3) is 3.98. The van der Waals surface area contributed by atoms with Gasteiger partial charge in [0.25, 0.3) is 0 Å². The number of anilines is 1. The van der Waals surface area contributed by atoms with Gasteiger partial charge in [0, 0.05) is 24.8 Å². The molecule has 1 aliphatic heterocycles. The first-order valence-electron chi connectivity index (χ1n) is 8.09. The van der Waals surface area contributed by atoms with Gasteiger partial charge in [0.15, 0.2) is 11.7 Å². The number of aryl methyl sites for hydroxylation is 1.